The van der Waals surface area contributed by atoms with E-state index in [1.54, 1.807) is 18.7 Å². The van der Waals surface area contributed by atoms with Crippen LogP contribution in [0.2, 0.25) is 0 Å². The third kappa shape index (κ3) is 2.73. The fourth-order valence-corrected chi connectivity index (χ4v) is 1.34. The first-order valence-electron chi connectivity index (χ1n) is 5.14. The molecule has 0 aliphatic carbocycles. The molecule has 5 heteroatoms. The first kappa shape index (κ1) is 10.5. The van der Waals surface area contributed by atoms with Gasteiger partial charge in [-0.2, -0.15) is 0 Å². The van der Waals surface area contributed by atoms with Crippen molar-refractivity contribution in [3.05, 3.63) is 36.5 Å². The molecule has 5 nitrogen and oxygen atoms in total. The molecular formula is C11H14N4O. The molecular weight excluding hydrogens is 204 g/mol. The standard InChI is InChI=1S/C11H14N4O/c1-12-10-7-13-8-11(15-10)14-5-4-9-3-2-6-16-9/h2-3,6-8H,4-5H2,1H3,(H2,12,14,15). The van der Waals surface area contributed by atoms with E-state index in [-0.39, 0.29) is 0 Å². The molecule has 2 heterocycles. The topological polar surface area (TPSA) is 63.0 Å². The van der Waals surface area contributed by atoms with E-state index in [4.69, 9.17) is 4.42 Å². The predicted molar refractivity (Wildman–Crippen MR) is 62.5 cm³/mol. The number of nitrogens with zero attached hydrogens (tertiary/aromatic N) is 2. The summed E-state index contributed by atoms with van der Waals surface area (Å²) < 4.78 is 5.23. The molecule has 0 aromatic carbocycles. The van der Waals surface area contributed by atoms with Gasteiger partial charge in [-0.3, -0.25) is 4.98 Å². The van der Waals surface area contributed by atoms with Crippen molar-refractivity contribution in [1.29, 1.82) is 0 Å². The monoisotopic (exact) mass is 218 g/mol. The van der Waals surface area contributed by atoms with Gasteiger partial charge in [-0.1, -0.05) is 0 Å². The minimum atomic E-state index is 0.753. The van der Waals surface area contributed by atoms with Crippen LogP contribution in [-0.4, -0.2) is 23.6 Å². The van der Waals surface area contributed by atoms with Crippen LogP contribution in [0.25, 0.3) is 0 Å². The lowest BCUT2D eigenvalue weighted by molar-refractivity contribution is 0.513. The number of rotatable bonds is 5. The molecule has 0 atom stereocenters. The smallest absolute Gasteiger partial charge is 0.146 e. The van der Waals surface area contributed by atoms with Gasteiger partial charge in [0, 0.05) is 20.0 Å². The summed E-state index contributed by atoms with van der Waals surface area (Å²) >= 11 is 0. The molecule has 0 unspecified atom stereocenters. The largest absolute Gasteiger partial charge is 0.469 e. The van der Waals surface area contributed by atoms with E-state index in [0.29, 0.717) is 0 Å². The molecule has 0 saturated heterocycles. The van der Waals surface area contributed by atoms with Crippen LogP contribution in [0.4, 0.5) is 11.6 Å². The van der Waals surface area contributed by atoms with E-state index in [1.807, 2.05) is 19.2 Å². The SMILES string of the molecule is CNc1cncc(NCCc2ccco2)n1. The van der Waals surface area contributed by atoms with Crippen LogP contribution in [0.1, 0.15) is 5.76 Å². The second kappa shape index (κ2) is 5.16. The maximum Gasteiger partial charge on any atom is 0.146 e. The zero-order valence-corrected chi connectivity index (χ0v) is 9.10. The Balaban J connectivity index is 1.85. The van der Waals surface area contributed by atoms with Gasteiger partial charge in [-0.25, -0.2) is 4.98 Å². The van der Waals surface area contributed by atoms with Crippen LogP contribution in [-0.2, 0) is 6.42 Å². The van der Waals surface area contributed by atoms with Gasteiger partial charge in [-0.15, -0.1) is 0 Å². The Bertz CT molecular complexity index is 427. The Morgan fingerprint density at radius 2 is 2.19 bits per heavy atom. The molecule has 2 rings (SSSR count). The summed E-state index contributed by atoms with van der Waals surface area (Å²) in [6.07, 6.45) is 5.88. The molecule has 0 amide bonds. The third-order valence-electron chi connectivity index (χ3n) is 2.15. The lowest BCUT2D eigenvalue weighted by Gasteiger charge is -2.05. The van der Waals surface area contributed by atoms with Crippen LogP contribution in [0.15, 0.2) is 35.2 Å². The molecule has 2 aromatic rings. The highest BCUT2D eigenvalue weighted by atomic mass is 16.3. The zero-order chi connectivity index (χ0) is 11.2. The highest BCUT2D eigenvalue weighted by Crippen LogP contribution is 2.06. The number of aromatic nitrogens is 2. The summed E-state index contributed by atoms with van der Waals surface area (Å²) in [6, 6.07) is 3.84. The Morgan fingerprint density at radius 3 is 2.94 bits per heavy atom. The Hall–Kier alpha value is -2.04. The molecule has 0 spiro atoms. The Morgan fingerprint density at radius 1 is 1.31 bits per heavy atom. The molecule has 0 fully saturated rings. The van der Waals surface area contributed by atoms with Crippen LogP contribution < -0.4 is 10.6 Å². The highest BCUT2D eigenvalue weighted by molar-refractivity contribution is 5.40. The van der Waals surface area contributed by atoms with Crippen molar-refractivity contribution in [2.45, 2.75) is 6.42 Å². The van der Waals surface area contributed by atoms with Crippen molar-refractivity contribution < 1.29 is 4.42 Å². The molecule has 2 aromatic heterocycles. The van der Waals surface area contributed by atoms with Crippen molar-refractivity contribution >= 4 is 11.6 Å². The van der Waals surface area contributed by atoms with Crippen LogP contribution >= 0.6 is 0 Å². The third-order valence-corrected chi connectivity index (χ3v) is 2.15. The first-order chi connectivity index (χ1) is 7.88. The number of nitrogens with one attached hydrogen (secondary N) is 2. The van der Waals surface area contributed by atoms with Crippen LogP contribution in [0.3, 0.4) is 0 Å². The number of hydrogen-bond donors (Lipinski definition) is 2. The average Bonchev–Trinajstić information content (AvgIpc) is 2.82. The molecule has 0 radical (unpaired) electrons. The summed E-state index contributed by atoms with van der Waals surface area (Å²) in [6.45, 7) is 0.773. The first-order valence-corrected chi connectivity index (χ1v) is 5.14. The molecule has 84 valence electrons. The normalized spacial score (nSPS) is 10.1. The van der Waals surface area contributed by atoms with E-state index < -0.39 is 0 Å². The van der Waals surface area contributed by atoms with Gasteiger partial charge in [0.05, 0.1) is 18.7 Å². The Kier molecular flexibility index (Phi) is 3.38. The van der Waals surface area contributed by atoms with Gasteiger partial charge < -0.3 is 15.1 Å². The maximum absolute atomic E-state index is 5.23. The van der Waals surface area contributed by atoms with Crippen molar-refractivity contribution in [1.82, 2.24) is 9.97 Å². The summed E-state index contributed by atoms with van der Waals surface area (Å²) in [7, 11) is 1.82. The second-order valence-corrected chi connectivity index (χ2v) is 3.30. The minimum absolute atomic E-state index is 0.753. The molecule has 0 bridgehead atoms. The van der Waals surface area contributed by atoms with Crippen molar-refractivity contribution in [2.24, 2.45) is 0 Å². The van der Waals surface area contributed by atoms with Crippen molar-refractivity contribution in [3.8, 4) is 0 Å². The summed E-state index contributed by atoms with van der Waals surface area (Å²) in [5.41, 5.74) is 0. The van der Waals surface area contributed by atoms with Crippen LogP contribution in [0.5, 0.6) is 0 Å². The number of hydrogen-bond acceptors (Lipinski definition) is 5. The van der Waals surface area contributed by atoms with E-state index in [9.17, 15) is 0 Å². The Labute approximate surface area is 93.9 Å². The van der Waals surface area contributed by atoms with Gasteiger partial charge in [0.15, 0.2) is 0 Å². The molecule has 0 aliphatic rings. The van der Waals surface area contributed by atoms with E-state index in [1.165, 1.54) is 0 Å². The van der Waals surface area contributed by atoms with Crippen molar-refractivity contribution in [2.75, 3.05) is 24.2 Å². The van der Waals surface area contributed by atoms with Gasteiger partial charge in [0.1, 0.15) is 17.4 Å². The quantitative estimate of drug-likeness (QED) is 0.800. The van der Waals surface area contributed by atoms with Gasteiger partial charge in [0.25, 0.3) is 0 Å². The summed E-state index contributed by atoms with van der Waals surface area (Å²) in [5.74, 6) is 2.48. The lowest BCUT2D eigenvalue weighted by atomic mass is 10.3. The van der Waals surface area contributed by atoms with Gasteiger partial charge in [-0.05, 0) is 12.1 Å². The summed E-state index contributed by atoms with van der Waals surface area (Å²) in [5, 5.41) is 6.12. The fourth-order valence-electron chi connectivity index (χ4n) is 1.34. The fraction of sp³-hybridized carbons (Fsp3) is 0.273. The second-order valence-electron chi connectivity index (χ2n) is 3.30. The van der Waals surface area contributed by atoms with Gasteiger partial charge in [0.2, 0.25) is 0 Å². The van der Waals surface area contributed by atoms with E-state index in [0.717, 1.165) is 30.4 Å². The van der Waals surface area contributed by atoms with Gasteiger partial charge >= 0.3 is 0 Å². The van der Waals surface area contributed by atoms with E-state index >= 15 is 0 Å². The van der Waals surface area contributed by atoms with Crippen molar-refractivity contribution in [3.63, 3.8) is 0 Å². The number of anilines is 2. The van der Waals surface area contributed by atoms with E-state index in [2.05, 4.69) is 20.6 Å². The molecule has 0 aliphatic heterocycles. The maximum atomic E-state index is 5.23. The zero-order valence-electron chi connectivity index (χ0n) is 9.10. The molecule has 2 N–H and O–H groups in total. The predicted octanol–water partition coefficient (Wildman–Crippen LogP) is 1.77. The summed E-state index contributed by atoms with van der Waals surface area (Å²) in [4.78, 5) is 8.35. The van der Waals surface area contributed by atoms with Crippen LogP contribution in [0, 0.1) is 0 Å². The lowest BCUT2D eigenvalue weighted by Crippen LogP contribution is -2.07. The molecule has 16 heavy (non-hydrogen) atoms. The average molecular weight is 218 g/mol. The minimum Gasteiger partial charge on any atom is -0.469 e. The molecule has 0 saturated carbocycles. The number of furan rings is 1. The highest BCUT2D eigenvalue weighted by Gasteiger charge is 1.98.